The third-order valence-corrected chi connectivity index (χ3v) is 3.22. The number of halogens is 1. The maximum Gasteiger partial charge on any atom is 0.254 e. The first-order valence-corrected chi connectivity index (χ1v) is 6.87. The lowest BCUT2D eigenvalue weighted by molar-refractivity contribution is 0.0952. The number of benzene rings is 1. The molecule has 0 saturated carbocycles. The van der Waals surface area contributed by atoms with Crippen LogP contribution in [0.25, 0.3) is 5.69 Å². The Bertz CT molecular complexity index is 624. The van der Waals surface area contributed by atoms with Crippen molar-refractivity contribution in [3.8, 4) is 5.69 Å². The molecule has 1 aromatic carbocycles. The highest BCUT2D eigenvalue weighted by Crippen LogP contribution is 2.16. The van der Waals surface area contributed by atoms with Gasteiger partial charge in [0.1, 0.15) is 11.5 Å². The zero-order valence-electron chi connectivity index (χ0n) is 12.2. The smallest absolute Gasteiger partial charge is 0.254 e. The zero-order valence-corrected chi connectivity index (χ0v) is 12.2. The van der Waals surface area contributed by atoms with E-state index in [0.29, 0.717) is 23.5 Å². The van der Waals surface area contributed by atoms with Crippen LogP contribution in [0.3, 0.4) is 0 Å². The molecule has 0 aliphatic heterocycles. The van der Waals surface area contributed by atoms with Crippen LogP contribution in [0, 0.1) is 12.7 Å². The lowest BCUT2D eigenvalue weighted by Gasteiger charge is -2.07. The monoisotopic (exact) mass is 290 g/mol. The van der Waals surface area contributed by atoms with Gasteiger partial charge in [-0.15, -0.1) is 0 Å². The summed E-state index contributed by atoms with van der Waals surface area (Å²) in [4.78, 5) is 12.1. The summed E-state index contributed by atoms with van der Waals surface area (Å²) < 4.78 is 15.2. The Morgan fingerprint density at radius 2 is 2.10 bits per heavy atom. The minimum atomic E-state index is -0.371. The molecule has 5 nitrogen and oxygen atoms in total. The van der Waals surface area contributed by atoms with Crippen LogP contribution in [0.4, 0.5) is 4.39 Å². The highest BCUT2D eigenvalue weighted by atomic mass is 19.1. The van der Waals surface area contributed by atoms with Gasteiger partial charge in [0.15, 0.2) is 0 Å². The molecule has 1 amide bonds. The van der Waals surface area contributed by atoms with Gasteiger partial charge < -0.3 is 10.6 Å². The number of para-hydroxylation sites is 1. The molecule has 0 aliphatic carbocycles. The Labute approximate surface area is 123 Å². The second kappa shape index (κ2) is 6.99. The van der Waals surface area contributed by atoms with Gasteiger partial charge in [-0.3, -0.25) is 4.79 Å². The van der Waals surface area contributed by atoms with E-state index in [1.165, 1.54) is 16.9 Å². The predicted octanol–water partition coefficient (Wildman–Crippen LogP) is 1.66. The van der Waals surface area contributed by atoms with Gasteiger partial charge in [0.05, 0.1) is 17.5 Å². The lowest BCUT2D eigenvalue weighted by Crippen LogP contribution is -2.27. The van der Waals surface area contributed by atoms with Gasteiger partial charge in [0, 0.05) is 6.54 Å². The first-order valence-electron chi connectivity index (χ1n) is 6.87. The molecular weight excluding hydrogens is 271 g/mol. The Kier molecular flexibility index (Phi) is 5.05. The maximum atomic E-state index is 13.8. The molecule has 0 bridgehead atoms. The highest BCUT2D eigenvalue weighted by Gasteiger charge is 2.16. The number of carbonyl (C=O) groups is 1. The molecule has 0 unspecified atom stereocenters. The molecule has 0 spiro atoms. The number of carbonyl (C=O) groups excluding carboxylic acids is 1. The number of nitrogens with one attached hydrogen (secondary N) is 2. The Morgan fingerprint density at radius 1 is 1.33 bits per heavy atom. The van der Waals surface area contributed by atoms with Gasteiger partial charge in [0.25, 0.3) is 5.91 Å². The summed E-state index contributed by atoms with van der Waals surface area (Å²) in [5.41, 5.74) is 1.41. The molecule has 0 saturated heterocycles. The summed E-state index contributed by atoms with van der Waals surface area (Å²) in [6.07, 6.45) is 2.32. The minimum absolute atomic E-state index is 0.189. The number of nitrogens with zero attached hydrogens (tertiary/aromatic N) is 2. The van der Waals surface area contributed by atoms with E-state index in [1.807, 2.05) is 7.05 Å². The van der Waals surface area contributed by atoms with E-state index in [-0.39, 0.29) is 11.7 Å². The van der Waals surface area contributed by atoms with E-state index >= 15 is 0 Å². The molecule has 1 aromatic heterocycles. The van der Waals surface area contributed by atoms with Gasteiger partial charge in [-0.25, -0.2) is 9.07 Å². The van der Waals surface area contributed by atoms with E-state index in [1.54, 1.807) is 25.1 Å². The third-order valence-electron chi connectivity index (χ3n) is 3.22. The Balaban J connectivity index is 2.14. The summed E-state index contributed by atoms with van der Waals surface area (Å²) in [6.45, 7) is 3.18. The van der Waals surface area contributed by atoms with Crippen molar-refractivity contribution < 1.29 is 9.18 Å². The van der Waals surface area contributed by atoms with Crippen molar-refractivity contribution in [2.24, 2.45) is 0 Å². The molecule has 2 N–H and O–H groups in total. The van der Waals surface area contributed by atoms with Crippen LogP contribution in [0.1, 0.15) is 22.5 Å². The molecular formula is C15H19FN4O. The number of aromatic nitrogens is 2. The third kappa shape index (κ3) is 3.46. The second-order valence-electron chi connectivity index (χ2n) is 4.72. The minimum Gasteiger partial charge on any atom is -0.352 e. The topological polar surface area (TPSA) is 58.9 Å². The molecule has 112 valence electrons. The van der Waals surface area contributed by atoms with Gasteiger partial charge in [-0.2, -0.15) is 5.10 Å². The van der Waals surface area contributed by atoms with Gasteiger partial charge in [-0.05, 0) is 39.1 Å². The van der Waals surface area contributed by atoms with Crippen LogP contribution in [-0.4, -0.2) is 35.8 Å². The number of rotatable bonds is 6. The van der Waals surface area contributed by atoms with Crippen LogP contribution >= 0.6 is 0 Å². The molecule has 0 radical (unpaired) electrons. The first kappa shape index (κ1) is 15.2. The fraction of sp³-hybridized carbons (Fsp3) is 0.333. The summed E-state index contributed by atoms with van der Waals surface area (Å²) in [6, 6.07) is 6.35. The fourth-order valence-corrected chi connectivity index (χ4v) is 2.06. The van der Waals surface area contributed by atoms with Crippen molar-refractivity contribution in [2.75, 3.05) is 20.1 Å². The standard InChI is InChI=1S/C15H19FN4O/c1-11-12(15(21)18-9-5-8-17-2)10-19-20(11)14-7-4-3-6-13(14)16/h3-4,6-7,10,17H,5,8-9H2,1-2H3,(H,18,21). The molecule has 2 aromatic rings. The SMILES string of the molecule is CNCCCNC(=O)c1cnn(-c2ccccc2F)c1C. The Morgan fingerprint density at radius 3 is 2.81 bits per heavy atom. The molecule has 1 heterocycles. The van der Waals surface area contributed by atoms with E-state index in [2.05, 4.69) is 15.7 Å². The molecule has 21 heavy (non-hydrogen) atoms. The maximum absolute atomic E-state index is 13.8. The van der Waals surface area contributed by atoms with Gasteiger partial charge in [-0.1, -0.05) is 12.1 Å². The fourth-order valence-electron chi connectivity index (χ4n) is 2.06. The summed E-state index contributed by atoms with van der Waals surface area (Å²) in [7, 11) is 1.87. The largest absolute Gasteiger partial charge is 0.352 e. The van der Waals surface area contributed by atoms with Crippen LogP contribution in [0.15, 0.2) is 30.5 Å². The molecule has 0 aliphatic rings. The normalized spacial score (nSPS) is 10.6. The van der Waals surface area contributed by atoms with E-state index in [9.17, 15) is 9.18 Å². The van der Waals surface area contributed by atoms with Crippen molar-refractivity contribution >= 4 is 5.91 Å². The van der Waals surface area contributed by atoms with Crippen molar-refractivity contribution in [3.63, 3.8) is 0 Å². The average molecular weight is 290 g/mol. The van der Waals surface area contributed by atoms with Crippen molar-refractivity contribution in [3.05, 3.63) is 47.5 Å². The molecule has 0 fully saturated rings. The molecule has 0 atom stereocenters. The summed E-state index contributed by atoms with van der Waals surface area (Å²) in [5, 5.41) is 9.96. The summed E-state index contributed by atoms with van der Waals surface area (Å²) >= 11 is 0. The average Bonchev–Trinajstić information content (AvgIpc) is 2.86. The van der Waals surface area contributed by atoms with Gasteiger partial charge in [0.2, 0.25) is 0 Å². The number of amides is 1. The quantitative estimate of drug-likeness (QED) is 0.796. The van der Waals surface area contributed by atoms with Crippen LogP contribution in [0.2, 0.25) is 0 Å². The lowest BCUT2D eigenvalue weighted by atomic mass is 10.2. The molecule has 6 heteroatoms. The number of hydrogen-bond donors (Lipinski definition) is 2. The van der Waals surface area contributed by atoms with Crippen LogP contribution in [0.5, 0.6) is 0 Å². The van der Waals surface area contributed by atoms with Crippen LogP contribution in [-0.2, 0) is 0 Å². The van der Waals surface area contributed by atoms with Gasteiger partial charge >= 0.3 is 0 Å². The number of hydrogen-bond acceptors (Lipinski definition) is 3. The van der Waals surface area contributed by atoms with E-state index in [4.69, 9.17) is 0 Å². The first-order chi connectivity index (χ1) is 10.1. The van der Waals surface area contributed by atoms with Crippen LogP contribution < -0.4 is 10.6 Å². The van der Waals surface area contributed by atoms with Crippen molar-refractivity contribution in [2.45, 2.75) is 13.3 Å². The zero-order chi connectivity index (χ0) is 15.2. The molecule has 2 rings (SSSR count). The van der Waals surface area contributed by atoms with Crippen molar-refractivity contribution in [1.29, 1.82) is 0 Å². The second-order valence-corrected chi connectivity index (χ2v) is 4.72. The highest BCUT2D eigenvalue weighted by molar-refractivity contribution is 5.95. The summed E-state index contributed by atoms with van der Waals surface area (Å²) in [5.74, 6) is -0.559. The Hall–Kier alpha value is -2.21. The van der Waals surface area contributed by atoms with E-state index in [0.717, 1.165) is 13.0 Å². The predicted molar refractivity (Wildman–Crippen MR) is 79.1 cm³/mol. The van der Waals surface area contributed by atoms with E-state index < -0.39 is 0 Å². The van der Waals surface area contributed by atoms with Crippen molar-refractivity contribution in [1.82, 2.24) is 20.4 Å².